The summed E-state index contributed by atoms with van der Waals surface area (Å²) in [6, 6.07) is 1.61. The summed E-state index contributed by atoms with van der Waals surface area (Å²) in [6.45, 7) is 4.89. The summed E-state index contributed by atoms with van der Waals surface area (Å²) in [5, 5.41) is 9.69. The number of hydrogen-bond donors (Lipinski definition) is 1. The molecule has 5 nitrogen and oxygen atoms in total. The summed E-state index contributed by atoms with van der Waals surface area (Å²) in [7, 11) is 1.37. The van der Waals surface area contributed by atoms with Crippen molar-refractivity contribution in [1.82, 2.24) is 4.90 Å². The van der Waals surface area contributed by atoms with Gasteiger partial charge in [-0.3, -0.25) is 9.69 Å². The van der Waals surface area contributed by atoms with Crippen LogP contribution in [0.2, 0.25) is 0 Å². The molecule has 18 heavy (non-hydrogen) atoms. The van der Waals surface area contributed by atoms with Crippen LogP contribution in [-0.4, -0.2) is 41.8 Å². The van der Waals surface area contributed by atoms with Crippen LogP contribution in [0, 0.1) is 13.8 Å². The Kier molecular flexibility index (Phi) is 3.73. The van der Waals surface area contributed by atoms with Gasteiger partial charge in [0.1, 0.15) is 17.6 Å². The zero-order chi connectivity index (χ0) is 13.3. The Morgan fingerprint density at radius 3 is 2.89 bits per heavy atom. The van der Waals surface area contributed by atoms with Crippen LogP contribution in [0.3, 0.4) is 0 Å². The number of β-amino-alcohol motifs (C(OH)–C–C–N with tert-alkyl or cyclic N) is 1. The van der Waals surface area contributed by atoms with Crippen molar-refractivity contribution in [2.24, 2.45) is 0 Å². The number of hydrogen-bond acceptors (Lipinski definition) is 5. The molecule has 5 heteroatoms. The molecule has 0 spiro atoms. The molecule has 0 aromatic carbocycles. The lowest BCUT2D eigenvalue weighted by atomic mass is 10.2. The fourth-order valence-electron chi connectivity index (χ4n) is 2.49. The molecule has 1 aliphatic heterocycles. The standard InChI is InChI=1S/C13H19NO4/c1-8-4-10(9(2)18-8)6-14-7-11(15)5-12(14)13(16)17-3/h4,11-12,15H,5-7H2,1-3H3/t11-,12-/m0/s1. The van der Waals surface area contributed by atoms with E-state index in [1.165, 1.54) is 7.11 Å². The molecule has 0 amide bonds. The van der Waals surface area contributed by atoms with Gasteiger partial charge in [-0.2, -0.15) is 0 Å². The van der Waals surface area contributed by atoms with Gasteiger partial charge in [-0.1, -0.05) is 0 Å². The second-order valence-corrected chi connectivity index (χ2v) is 4.80. The Morgan fingerprint density at radius 2 is 2.33 bits per heavy atom. The van der Waals surface area contributed by atoms with Crippen LogP contribution in [-0.2, 0) is 16.1 Å². The van der Waals surface area contributed by atoms with Crippen LogP contribution in [0.4, 0.5) is 0 Å². The van der Waals surface area contributed by atoms with Gasteiger partial charge in [-0.25, -0.2) is 0 Å². The second-order valence-electron chi connectivity index (χ2n) is 4.80. The molecule has 1 aromatic heterocycles. The van der Waals surface area contributed by atoms with Gasteiger partial charge in [-0.15, -0.1) is 0 Å². The van der Waals surface area contributed by atoms with Gasteiger partial charge in [0.25, 0.3) is 0 Å². The van der Waals surface area contributed by atoms with Crippen LogP contribution in [0.15, 0.2) is 10.5 Å². The summed E-state index contributed by atoms with van der Waals surface area (Å²) >= 11 is 0. The largest absolute Gasteiger partial charge is 0.468 e. The predicted octanol–water partition coefficient (Wildman–Crippen LogP) is 1.00. The number of esters is 1. The molecule has 1 aromatic rings. The third kappa shape index (κ3) is 2.57. The number of carbonyl (C=O) groups excluding carboxylic acids is 1. The normalized spacial score (nSPS) is 24.4. The maximum atomic E-state index is 11.7. The van der Waals surface area contributed by atoms with Crippen LogP contribution < -0.4 is 0 Å². The molecule has 2 atom stereocenters. The zero-order valence-corrected chi connectivity index (χ0v) is 11.0. The van der Waals surface area contributed by atoms with E-state index in [9.17, 15) is 9.90 Å². The van der Waals surface area contributed by atoms with Crippen LogP contribution in [0.25, 0.3) is 0 Å². The van der Waals surface area contributed by atoms with Crippen LogP contribution >= 0.6 is 0 Å². The lowest BCUT2D eigenvalue weighted by Crippen LogP contribution is -2.36. The van der Waals surface area contributed by atoms with Crippen molar-refractivity contribution in [2.45, 2.75) is 39.0 Å². The predicted molar refractivity (Wildman–Crippen MR) is 65.0 cm³/mol. The van der Waals surface area contributed by atoms with Crippen molar-refractivity contribution in [3.05, 3.63) is 23.2 Å². The Bertz CT molecular complexity index is 440. The van der Waals surface area contributed by atoms with E-state index in [2.05, 4.69) is 0 Å². The Balaban J connectivity index is 2.11. The molecular weight excluding hydrogens is 234 g/mol. The minimum Gasteiger partial charge on any atom is -0.468 e. The highest BCUT2D eigenvalue weighted by molar-refractivity contribution is 5.76. The first-order chi connectivity index (χ1) is 8.51. The molecule has 0 bridgehead atoms. The molecular formula is C13H19NO4. The molecule has 0 aliphatic carbocycles. The number of aliphatic hydroxyl groups is 1. The van der Waals surface area contributed by atoms with E-state index in [0.717, 1.165) is 17.1 Å². The topological polar surface area (TPSA) is 62.9 Å². The van der Waals surface area contributed by atoms with Gasteiger partial charge < -0.3 is 14.3 Å². The van der Waals surface area contributed by atoms with Gasteiger partial charge in [0.2, 0.25) is 0 Å². The van der Waals surface area contributed by atoms with E-state index >= 15 is 0 Å². The van der Waals surface area contributed by atoms with Gasteiger partial charge in [-0.05, 0) is 19.9 Å². The summed E-state index contributed by atoms with van der Waals surface area (Å²) in [4.78, 5) is 13.6. The number of aliphatic hydroxyl groups excluding tert-OH is 1. The number of ether oxygens (including phenoxy) is 1. The monoisotopic (exact) mass is 253 g/mol. The van der Waals surface area contributed by atoms with Crippen molar-refractivity contribution in [1.29, 1.82) is 0 Å². The number of aryl methyl sites for hydroxylation is 2. The lowest BCUT2D eigenvalue weighted by Gasteiger charge is -2.21. The molecule has 0 radical (unpaired) electrons. The van der Waals surface area contributed by atoms with Crippen LogP contribution in [0.5, 0.6) is 0 Å². The first-order valence-corrected chi connectivity index (χ1v) is 6.07. The molecule has 1 fully saturated rings. The van der Waals surface area contributed by atoms with Gasteiger partial charge in [0.15, 0.2) is 0 Å². The average Bonchev–Trinajstić information content (AvgIpc) is 2.82. The quantitative estimate of drug-likeness (QED) is 0.814. The molecule has 0 unspecified atom stereocenters. The summed E-state index contributed by atoms with van der Waals surface area (Å²) in [5.74, 6) is 1.43. The molecule has 0 saturated carbocycles. The minimum atomic E-state index is -0.470. The minimum absolute atomic E-state index is 0.288. The first-order valence-electron chi connectivity index (χ1n) is 6.07. The maximum absolute atomic E-state index is 11.7. The van der Waals surface area contributed by atoms with Gasteiger partial charge >= 0.3 is 5.97 Å². The summed E-state index contributed by atoms with van der Waals surface area (Å²) in [5.41, 5.74) is 1.05. The fourth-order valence-corrected chi connectivity index (χ4v) is 2.49. The highest BCUT2D eigenvalue weighted by atomic mass is 16.5. The van der Waals surface area contributed by atoms with Crippen molar-refractivity contribution in [2.75, 3.05) is 13.7 Å². The highest BCUT2D eigenvalue weighted by Crippen LogP contribution is 2.24. The average molecular weight is 253 g/mol. The van der Waals surface area contributed by atoms with E-state index in [1.54, 1.807) is 0 Å². The van der Waals surface area contributed by atoms with Crippen molar-refractivity contribution < 1.29 is 19.1 Å². The molecule has 100 valence electrons. The van der Waals surface area contributed by atoms with E-state index < -0.39 is 6.10 Å². The molecule has 2 rings (SSSR count). The van der Waals surface area contributed by atoms with E-state index in [-0.39, 0.29) is 12.0 Å². The first kappa shape index (κ1) is 13.1. The molecule has 2 heterocycles. The fraction of sp³-hybridized carbons (Fsp3) is 0.615. The smallest absolute Gasteiger partial charge is 0.323 e. The number of methoxy groups -OCH3 is 1. The van der Waals surface area contributed by atoms with E-state index in [4.69, 9.17) is 9.15 Å². The number of carbonyl (C=O) groups is 1. The Morgan fingerprint density at radius 1 is 1.61 bits per heavy atom. The summed E-state index contributed by atoms with van der Waals surface area (Å²) in [6.07, 6.45) is -0.0369. The Hall–Kier alpha value is -1.33. The number of nitrogens with zero attached hydrogens (tertiary/aromatic N) is 1. The van der Waals surface area contributed by atoms with Gasteiger partial charge in [0, 0.05) is 25.1 Å². The van der Waals surface area contributed by atoms with Crippen molar-refractivity contribution in [3.63, 3.8) is 0 Å². The maximum Gasteiger partial charge on any atom is 0.323 e. The number of likely N-dealkylation sites (tertiary alicyclic amines) is 1. The van der Waals surface area contributed by atoms with E-state index in [0.29, 0.717) is 19.5 Å². The summed E-state index contributed by atoms with van der Waals surface area (Å²) < 4.78 is 10.2. The molecule has 1 saturated heterocycles. The third-order valence-electron chi connectivity index (χ3n) is 3.37. The number of furan rings is 1. The Labute approximate surface area is 106 Å². The second kappa shape index (κ2) is 5.12. The molecule has 1 aliphatic rings. The van der Waals surface area contributed by atoms with E-state index in [1.807, 2.05) is 24.8 Å². The van der Waals surface area contributed by atoms with Gasteiger partial charge in [0.05, 0.1) is 13.2 Å². The lowest BCUT2D eigenvalue weighted by molar-refractivity contribution is -0.146. The van der Waals surface area contributed by atoms with Crippen molar-refractivity contribution in [3.8, 4) is 0 Å². The van der Waals surface area contributed by atoms with Crippen molar-refractivity contribution >= 4 is 5.97 Å². The van der Waals surface area contributed by atoms with Crippen LogP contribution in [0.1, 0.15) is 23.5 Å². The SMILES string of the molecule is COC(=O)[C@@H]1C[C@H](O)CN1Cc1cc(C)oc1C. The number of rotatable bonds is 3. The highest BCUT2D eigenvalue weighted by Gasteiger charge is 2.36. The third-order valence-corrected chi connectivity index (χ3v) is 3.37. The molecule has 1 N–H and O–H groups in total. The zero-order valence-electron chi connectivity index (χ0n) is 11.0.